The highest BCUT2D eigenvalue weighted by molar-refractivity contribution is 7.89. The van der Waals surface area contributed by atoms with Crippen molar-refractivity contribution in [1.29, 1.82) is 0 Å². The highest BCUT2D eigenvalue weighted by atomic mass is 32.2. The molecular formula is C24H28N8O3S. The zero-order valence-corrected chi connectivity index (χ0v) is 20.5. The lowest BCUT2D eigenvalue weighted by Crippen LogP contribution is -2.51. The number of nitrogens with one attached hydrogen (secondary N) is 1. The summed E-state index contributed by atoms with van der Waals surface area (Å²) in [6.45, 7) is 1.59. The van der Waals surface area contributed by atoms with E-state index < -0.39 is 16.1 Å². The van der Waals surface area contributed by atoms with E-state index in [9.17, 15) is 13.6 Å². The number of hydrogen-bond acceptors (Lipinski definition) is 10. The van der Waals surface area contributed by atoms with Gasteiger partial charge in [-0.05, 0) is 37.0 Å². The summed E-state index contributed by atoms with van der Waals surface area (Å²) in [7, 11) is -3.55. The van der Waals surface area contributed by atoms with Crippen molar-refractivity contribution in [2.75, 3.05) is 36.8 Å². The molecule has 0 amide bonds. The Bertz CT molecular complexity index is 1260. The molecule has 0 bridgehead atoms. The van der Waals surface area contributed by atoms with Crippen molar-refractivity contribution in [3.05, 3.63) is 72.3 Å². The molecule has 1 fully saturated rings. The monoisotopic (exact) mass is 508 g/mol. The van der Waals surface area contributed by atoms with Gasteiger partial charge in [-0.25, -0.2) is 38.8 Å². The second-order valence-corrected chi connectivity index (χ2v) is 10.3. The largest absolute Gasteiger partial charge is 0.338 e. The molecule has 0 saturated carbocycles. The van der Waals surface area contributed by atoms with Crippen LogP contribution in [0.3, 0.4) is 0 Å². The van der Waals surface area contributed by atoms with Gasteiger partial charge in [0.25, 0.3) is 0 Å². The molecule has 1 atom stereocenters. The molecule has 0 radical (unpaired) electrons. The summed E-state index contributed by atoms with van der Waals surface area (Å²) in [4.78, 5) is 23.2. The molecule has 4 rings (SSSR count). The Kier molecular flexibility index (Phi) is 8.85. The number of aryl methyl sites for hydroxylation is 1. The predicted molar refractivity (Wildman–Crippen MR) is 134 cm³/mol. The van der Waals surface area contributed by atoms with E-state index in [1.54, 1.807) is 37.1 Å². The van der Waals surface area contributed by atoms with Gasteiger partial charge >= 0.3 is 0 Å². The van der Waals surface area contributed by atoms with E-state index in [0.717, 1.165) is 0 Å². The minimum Gasteiger partial charge on any atom is -0.338 e. The molecule has 0 aliphatic carbocycles. The summed E-state index contributed by atoms with van der Waals surface area (Å²) in [5.41, 5.74) is 3.49. The summed E-state index contributed by atoms with van der Waals surface area (Å²) >= 11 is 0. The first kappa shape index (κ1) is 25.6. The normalized spacial score (nSPS) is 15.2. The van der Waals surface area contributed by atoms with Crippen LogP contribution in [0.5, 0.6) is 0 Å². The van der Waals surface area contributed by atoms with Gasteiger partial charge in [0.1, 0.15) is 11.5 Å². The van der Waals surface area contributed by atoms with Crippen LogP contribution in [0.25, 0.3) is 0 Å². The van der Waals surface area contributed by atoms with Crippen molar-refractivity contribution in [1.82, 2.24) is 34.7 Å². The van der Waals surface area contributed by atoms with E-state index in [0.29, 0.717) is 68.5 Å². The van der Waals surface area contributed by atoms with Gasteiger partial charge in [0.05, 0.1) is 11.3 Å². The third kappa shape index (κ3) is 7.25. The van der Waals surface area contributed by atoms with Crippen molar-refractivity contribution in [2.24, 2.45) is 0 Å². The standard InChI is InChI=1S/C24H28N8O3S/c33-30-22(6-3-7-23-26-11-4-12-27-23)19-36(34,35)32-15-13-31(14-16-32)24-28-17-20(18-29-24)8-9-21-5-1-2-10-25-21/h1-2,4-5,10-12,17-18,22,30,33H,3,6-7,13-16,19H2. The van der Waals surface area contributed by atoms with E-state index in [4.69, 9.17) is 0 Å². The Morgan fingerprint density at radius 1 is 0.944 bits per heavy atom. The smallest absolute Gasteiger partial charge is 0.225 e. The maximum atomic E-state index is 12.9. The number of nitrogens with zero attached hydrogens (tertiary/aromatic N) is 7. The summed E-state index contributed by atoms with van der Waals surface area (Å²) in [5.74, 6) is 7.01. The minimum atomic E-state index is -3.55. The maximum Gasteiger partial charge on any atom is 0.225 e. The molecule has 4 heterocycles. The number of hydrogen-bond donors (Lipinski definition) is 2. The van der Waals surface area contributed by atoms with Crippen LogP contribution >= 0.6 is 0 Å². The van der Waals surface area contributed by atoms with Gasteiger partial charge in [-0.1, -0.05) is 12.0 Å². The molecule has 0 spiro atoms. The number of pyridine rings is 1. The molecule has 1 aliphatic rings. The van der Waals surface area contributed by atoms with Crippen LogP contribution in [0.4, 0.5) is 5.95 Å². The minimum absolute atomic E-state index is 0.181. The fraction of sp³-hybridized carbons (Fsp3) is 0.375. The van der Waals surface area contributed by atoms with Gasteiger partial charge < -0.3 is 10.1 Å². The number of anilines is 1. The van der Waals surface area contributed by atoms with E-state index in [1.165, 1.54) is 4.31 Å². The van der Waals surface area contributed by atoms with E-state index in [1.807, 2.05) is 23.1 Å². The van der Waals surface area contributed by atoms with Crippen LogP contribution in [0, 0.1) is 11.8 Å². The zero-order chi connectivity index (χ0) is 25.2. The first-order valence-corrected chi connectivity index (χ1v) is 13.3. The van der Waals surface area contributed by atoms with Gasteiger partial charge in [-0.15, -0.1) is 0 Å². The van der Waals surface area contributed by atoms with Crippen LogP contribution in [0.15, 0.2) is 55.2 Å². The molecule has 0 aromatic carbocycles. The lowest BCUT2D eigenvalue weighted by atomic mass is 10.1. The number of rotatable bonds is 9. The Labute approximate surface area is 210 Å². The second-order valence-electron chi connectivity index (χ2n) is 8.28. The molecule has 1 aliphatic heterocycles. The van der Waals surface area contributed by atoms with Crippen LogP contribution < -0.4 is 10.4 Å². The number of sulfonamides is 1. The van der Waals surface area contributed by atoms with E-state index in [2.05, 4.69) is 42.2 Å². The molecule has 36 heavy (non-hydrogen) atoms. The van der Waals surface area contributed by atoms with Crippen molar-refractivity contribution >= 4 is 16.0 Å². The van der Waals surface area contributed by atoms with Crippen molar-refractivity contribution in [3.8, 4) is 11.8 Å². The number of piperazine rings is 1. The second kappa shape index (κ2) is 12.5. The first-order valence-electron chi connectivity index (χ1n) is 11.7. The third-order valence-electron chi connectivity index (χ3n) is 5.72. The highest BCUT2D eigenvalue weighted by Gasteiger charge is 2.30. The molecular weight excluding hydrogens is 480 g/mol. The maximum absolute atomic E-state index is 12.9. The molecule has 2 N–H and O–H groups in total. The molecule has 3 aromatic rings. The average molecular weight is 509 g/mol. The zero-order valence-electron chi connectivity index (χ0n) is 19.7. The Balaban J connectivity index is 1.26. The lowest BCUT2D eigenvalue weighted by molar-refractivity contribution is 0.128. The fourth-order valence-corrected chi connectivity index (χ4v) is 5.48. The Morgan fingerprint density at radius 3 is 2.33 bits per heavy atom. The van der Waals surface area contributed by atoms with Crippen LogP contribution in [0.1, 0.15) is 29.9 Å². The Morgan fingerprint density at radius 2 is 1.67 bits per heavy atom. The Hall–Kier alpha value is -3.50. The summed E-state index contributed by atoms with van der Waals surface area (Å²) in [6.07, 6.45) is 10.1. The van der Waals surface area contributed by atoms with Crippen molar-refractivity contribution in [3.63, 3.8) is 0 Å². The van der Waals surface area contributed by atoms with Crippen molar-refractivity contribution < 1.29 is 13.6 Å². The van der Waals surface area contributed by atoms with E-state index >= 15 is 0 Å². The molecule has 188 valence electrons. The van der Waals surface area contributed by atoms with Gasteiger partial charge in [0.2, 0.25) is 16.0 Å². The van der Waals surface area contributed by atoms with Crippen molar-refractivity contribution in [2.45, 2.75) is 25.3 Å². The molecule has 1 saturated heterocycles. The molecule has 11 nitrogen and oxygen atoms in total. The fourth-order valence-electron chi connectivity index (χ4n) is 3.80. The van der Waals surface area contributed by atoms with Crippen LogP contribution in [0.2, 0.25) is 0 Å². The van der Waals surface area contributed by atoms with Gasteiger partial charge in [-0.2, -0.15) is 4.31 Å². The highest BCUT2D eigenvalue weighted by Crippen LogP contribution is 2.15. The van der Waals surface area contributed by atoms with Gasteiger partial charge in [0, 0.05) is 69.6 Å². The molecule has 3 aromatic heterocycles. The van der Waals surface area contributed by atoms with Crippen LogP contribution in [-0.2, 0) is 16.4 Å². The number of aromatic nitrogens is 5. The van der Waals surface area contributed by atoms with Gasteiger partial charge in [-0.3, -0.25) is 0 Å². The SMILES string of the molecule is O=S(=O)(CC(CCCc1ncccn1)NO)N1CCN(c2ncc(C#Cc3ccccn3)cn2)CC1. The molecule has 12 heteroatoms. The summed E-state index contributed by atoms with van der Waals surface area (Å²) in [5, 5.41) is 9.50. The van der Waals surface area contributed by atoms with E-state index in [-0.39, 0.29) is 5.75 Å². The quantitative estimate of drug-likeness (QED) is 0.316. The predicted octanol–water partition coefficient (Wildman–Crippen LogP) is 0.884. The van der Waals surface area contributed by atoms with Crippen LogP contribution in [-0.4, -0.2) is 80.8 Å². The summed E-state index contributed by atoms with van der Waals surface area (Å²) in [6, 6.07) is 6.71. The van der Waals surface area contributed by atoms with Gasteiger partial charge in [0.15, 0.2) is 0 Å². The lowest BCUT2D eigenvalue weighted by Gasteiger charge is -2.34. The third-order valence-corrected chi connectivity index (χ3v) is 7.70. The topological polar surface area (TPSA) is 137 Å². The average Bonchev–Trinajstić information content (AvgIpc) is 2.93. The summed E-state index contributed by atoms with van der Waals surface area (Å²) < 4.78 is 27.3. The first-order chi connectivity index (χ1) is 17.5. The number of hydroxylamine groups is 1. The molecule has 1 unspecified atom stereocenters.